The van der Waals surface area contributed by atoms with Crippen LogP contribution in [0.25, 0.3) is 0 Å². The lowest BCUT2D eigenvalue weighted by atomic mass is 10.1. The van der Waals surface area contributed by atoms with E-state index >= 15 is 0 Å². The number of hydrogen-bond donors (Lipinski definition) is 2. The number of rotatable bonds is 10. The fourth-order valence-electron chi connectivity index (χ4n) is 3.08. The Morgan fingerprint density at radius 3 is 2.50 bits per heavy atom. The number of benzene rings is 2. The van der Waals surface area contributed by atoms with E-state index in [1.807, 2.05) is 32.0 Å². The van der Waals surface area contributed by atoms with Crippen molar-refractivity contribution in [2.45, 2.75) is 20.3 Å². The summed E-state index contributed by atoms with van der Waals surface area (Å²) >= 11 is 12.0. The molecule has 0 aliphatic heterocycles. The van der Waals surface area contributed by atoms with Crippen LogP contribution in [0.3, 0.4) is 0 Å². The highest BCUT2D eigenvalue weighted by Crippen LogP contribution is 2.29. The average molecular weight is 474 g/mol. The number of amides is 1. The Hall–Kier alpha value is -2.96. The van der Waals surface area contributed by atoms with Crippen LogP contribution in [0.15, 0.2) is 54.7 Å². The Morgan fingerprint density at radius 1 is 0.969 bits per heavy atom. The first-order valence-corrected chi connectivity index (χ1v) is 11.1. The third-order valence-corrected chi connectivity index (χ3v) is 5.28. The number of anilines is 2. The van der Waals surface area contributed by atoms with Gasteiger partial charge in [-0.15, -0.1) is 0 Å². The lowest BCUT2D eigenvalue weighted by molar-refractivity contribution is 0.102. The highest BCUT2D eigenvalue weighted by atomic mass is 35.5. The van der Waals surface area contributed by atoms with E-state index in [4.69, 9.17) is 32.7 Å². The van der Waals surface area contributed by atoms with Gasteiger partial charge in [-0.3, -0.25) is 4.79 Å². The third-order valence-electron chi connectivity index (χ3n) is 4.54. The maximum absolute atomic E-state index is 12.8. The first-order valence-electron chi connectivity index (χ1n) is 10.4. The van der Waals surface area contributed by atoms with Crippen LogP contribution < -0.4 is 20.1 Å². The first kappa shape index (κ1) is 23.7. The summed E-state index contributed by atoms with van der Waals surface area (Å²) in [7, 11) is 0. The summed E-state index contributed by atoms with van der Waals surface area (Å²) in [6.45, 7) is 5.61. The zero-order valence-electron chi connectivity index (χ0n) is 18.0. The van der Waals surface area contributed by atoms with Gasteiger partial charge in [0.25, 0.3) is 5.91 Å². The van der Waals surface area contributed by atoms with Crippen molar-refractivity contribution in [2.75, 3.05) is 30.4 Å². The molecule has 8 heteroatoms. The molecule has 3 aromatic rings. The number of hydrogen-bond acceptors (Lipinski definition) is 5. The Morgan fingerprint density at radius 2 is 1.75 bits per heavy atom. The van der Waals surface area contributed by atoms with E-state index in [0.29, 0.717) is 46.9 Å². The van der Waals surface area contributed by atoms with E-state index in [2.05, 4.69) is 15.6 Å². The summed E-state index contributed by atoms with van der Waals surface area (Å²) < 4.78 is 11.3. The van der Waals surface area contributed by atoms with Gasteiger partial charge in [-0.1, -0.05) is 29.3 Å². The van der Waals surface area contributed by atoms with Crippen molar-refractivity contribution in [3.8, 4) is 11.5 Å². The van der Waals surface area contributed by atoms with Gasteiger partial charge in [-0.2, -0.15) is 0 Å². The van der Waals surface area contributed by atoms with Crippen molar-refractivity contribution in [1.29, 1.82) is 0 Å². The number of aromatic nitrogens is 1. The molecule has 6 nitrogen and oxygen atoms in total. The summed E-state index contributed by atoms with van der Waals surface area (Å²) in [5.74, 6) is 1.67. The number of carbonyl (C=O) groups excluding carboxylic acids is 1. The van der Waals surface area contributed by atoms with E-state index in [-0.39, 0.29) is 5.91 Å². The molecule has 0 saturated carbocycles. The zero-order valence-corrected chi connectivity index (χ0v) is 19.5. The molecule has 1 amide bonds. The van der Waals surface area contributed by atoms with Gasteiger partial charge in [0.1, 0.15) is 5.82 Å². The van der Waals surface area contributed by atoms with Gasteiger partial charge in [0.2, 0.25) is 0 Å². The van der Waals surface area contributed by atoms with E-state index in [1.165, 1.54) is 0 Å². The molecular formula is C24H25Cl2N3O3. The second-order valence-electron chi connectivity index (χ2n) is 6.81. The summed E-state index contributed by atoms with van der Waals surface area (Å²) in [4.78, 5) is 17.1. The first-order chi connectivity index (χ1) is 15.5. The molecule has 0 aliphatic rings. The largest absolute Gasteiger partial charge is 0.490 e. The van der Waals surface area contributed by atoms with Crippen LogP contribution in [0.4, 0.5) is 11.5 Å². The average Bonchev–Trinajstić information content (AvgIpc) is 2.78. The molecule has 0 radical (unpaired) electrons. The second kappa shape index (κ2) is 11.6. The molecule has 0 bridgehead atoms. The number of nitrogens with one attached hydrogen (secondary N) is 2. The lowest BCUT2D eigenvalue weighted by Crippen LogP contribution is -2.16. The zero-order chi connectivity index (χ0) is 22.9. The standard InChI is InChI=1S/C24H25Cl2N3O3/c1-3-31-21-10-7-16(14-22(21)32-4-2)11-13-28-23-18(6-5-12-27-23)24(30)29-17-8-9-19(25)20(26)15-17/h5-10,12,14-15H,3-4,11,13H2,1-2H3,(H,27,28)(H,29,30). The number of pyridine rings is 1. The van der Waals surface area contributed by atoms with Crippen molar-refractivity contribution >= 4 is 40.6 Å². The van der Waals surface area contributed by atoms with E-state index in [9.17, 15) is 4.79 Å². The molecule has 0 fully saturated rings. The van der Waals surface area contributed by atoms with Crippen molar-refractivity contribution < 1.29 is 14.3 Å². The minimum absolute atomic E-state index is 0.293. The summed E-state index contributed by atoms with van der Waals surface area (Å²) in [5, 5.41) is 6.87. The van der Waals surface area contributed by atoms with Crippen LogP contribution in [0.1, 0.15) is 29.8 Å². The van der Waals surface area contributed by atoms with Gasteiger partial charge in [-0.05, 0) is 68.3 Å². The fraction of sp³-hybridized carbons (Fsp3) is 0.250. The van der Waals surface area contributed by atoms with Crippen LogP contribution in [-0.4, -0.2) is 30.6 Å². The van der Waals surface area contributed by atoms with Gasteiger partial charge in [0.05, 0.1) is 28.8 Å². The normalized spacial score (nSPS) is 10.5. The Balaban J connectivity index is 1.65. The smallest absolute Gasteiger partial charge is 0.259 e. The molecule has 1 heterocycles. The third kappa shape index (κ3) is 6.28. The van der Waals surface area contributed by atoms with Crippen LogP contribution in [0.5, 0.6) is 11.5 Å². The molecule has 2 aromatic carbocycles. The summed E-state index contributed by atoms with van der Waals surface area (Å²) in [6.07, 6.45) is 2.36. The van der Waals surface area contributed by atoms with Crippen molar-refractivity contribution in [2.24, 2.45) is 0 Å². The van der Waals surface area contributed by atoms with Crippen molar-refractivity contribution in [1.82, 2.24) is 4.98 Å². The molecule has 3 rings (SSSR count). The summed E-state index contributed by atoms with van der Waals surface area (Å²) in [6, 6.07) is 14.3. The monoisotopic (exact) mass is 473 g/mol. The molecule has 168 valence electrons. The number of nitrogens with zero attached hydrogens (tertiary/aromatic N) is 1. The molecule has 0 unspecified atom stereocenters. The number of carbonyl (C=O) groups is 1. The fourth-order valence-corrected chi connectivity index (χ4v) is 3.38. The predicted molar refractivity (Wildman–Crippen MR) is 130 cm³/mol. The molecular weight excluding hydrogens is 449 g/mol. The molecule has 0 atom stereocenters. The summed E-state index contributed by atoms with van der Waals surface area (Å²) in [5.41, 5.74) is 2.07. The molecule has 0 saturated heterocycles. The second-order valence-corrected chi connectivity index (χ2v) is 7.62. The lowest BCUT2D eigenvalue weighted by Gasteiger charge is -2.14. The maximum Gasteiger partial charge on any atom is 0.259 e. The van der Waals surface area contributed by atoms with Crippen LogP contribution in [-0.2, 0) is 6.42 Å². The van der Waals surface area contributed by atoms with Crippen molar-refractivity contribution in [3.05, 3.63) is 75.9 Å². The van der Waals surface area contributed by atoms with Crippen LogP contribution in [0.2, 0.25) is 10.0 Å². The van der Waals surface area contributed by atoms with E-state index in [1.54, 1.807) is 36.5 Å². The molecule has 0 spiro atoms. The maximum atomic E-state index is 12.8. The molecule has 0 aliphatic carbocycles. The Labute approximate surface area is 197 Å². The SMILES string of the molecule is CCOc1ccc(CCNc2ncccc2C(=O)Nc2ccc(Cl)c(Cl)c2)cc1OCC. The molecule has 32 heavy (non-hydrogen) atoms. The van der Waals surface area contributed by atoms with Gasteiger partial charge in [-0.25, -0.2) is 4.98 Å². The van der Waals surface area contributed by atoms with E-state index < -0.39 is 0 Å². The Bertz CT molecular complexity index is 1080. The van der Waals surface area contributed by atoms with Gasteiger partial charge in [0.15, 0.2) is 11.5 Å². The van der Waals surface area contributed by atoms with Gasteiger partial charge < -0.3 is 20.1 Å². The highest BCUT2D eigenvalue weighted by Gasteiger charge is 2.13. The topological polar surface area (TPSA) is 72.5 Å². The highest BCUT2D eigenvalue weighted by molar-refractivity contribution is 6.42. The van der Waals surface area contributed by atoms with Crippen LogP contribution in [0, 0.1) is 0 Å². The molecule has 1 aromatic heterocycles. The van der Waals surface area contributed by atoms with Gasteiger partial charge >= 0.3 is 0 Å². The Kier molecular flexibility index (Phi) is 8.59. The quantitative estimate of drug-likeness (QED) is 0.372. The van der Waals surface area contributed by atoms with Gasteiger partial charge in [0, 0.05) is 18.4 Å². The van der Waals surface area contributed by atoms with Crippen LogP contribution >= 0.6 is 23.2 Å². The van der Waals surface area contributed by atoms with E-state index in [0.717, 1.165) is 23.5 Å². The predicted octanol–water partition coefficient (Wildman–Crippen LogP) is 6.09. The van der Waals surface area contributed by atoms with Crippen molar-refractivity contribution in [3.63, 3.8) is 0 Å². The molecule has 2 N–H and O–H groups in total. The minimum Gasteiger partial charge on any atom is -0.490 e. The number of halogens is 2. The number of ether oxygens (including phenoxy) is 2. The minimum atomic E-state index is -0.293.